The quantitative estimate of drug-likeness (QED) is 0.441. The molecule has 0 bridgehead atoms. The Kier molecular flexibility index (Phi) is 6.64. The van der Waals surface area contributed by atoms with Gasteiger partial charge in [-0.3, -0.25) is 4.79 Å². The van der Waals surface area contributed by atoms with E-state index in [2.05, 4.69) is 5.32 Å². The number of amides is 1. The summed E-state index contributed by atoms with van der Waals surface area (Å²) >= 11 is 0. The summed E-state index contributed by atoms with van der Waals surface area (Å²) in [5.74, 6) is -1.60. The van der Waals surface area contributed by atoms with Crippen molar-refractivity contribution < 1.29 is 19.8 Å². The number of carboxylic acids is 1. The van der Waals surface area contributed by atoms with Gasteiger partial charge in [0.25, 0.3) is 0 Å². The van der Waals surface area contributed by atoms with E-state index < -0.39 is 18.1 Å². The number of carbonyl (C=O) groups is 2. The Bertz CT molecular complexity index is 220. The third-order valence-corrected chi connectivity index (χ3v) is 1.94. The molecule has 0 unspecified atom stereocenters. The highest BCUT2D eigenvalue weighted by atomic mass is 16.4. The molecule has 88 valence electrons. The molecule has 15 heavy (non-hydrogen) atoms. The number of hydrogen-bond acceptors (Lipinski definition) is 4. The van der Waals surface area contributed by atoms with Gasteiger partial charge in [-0.15, -0.1) is 0 Å². The van der Waals surface area contributed by atoms with Crippen molar-refractivity contribution in [1.29, 1.82) is 0 Å². The number of carboxylic acid groups (broad SMARTS) is 1. The van der Waals surface area contributed by atoms with E-state index in [0.29, 0.717) is 6.42 Å². The number of rotatable bonds is 7. The predicted molar refractivity (Wildman–Crippen MR) is 54.2 cm³/mol. The van der Waals surface area contributed by atoms with Crippen LogP contribution in [0.5, 0.6) is 0 Å². The van der Waals surface area contributed by atoms with Crippen LogP contribution in [0, 0.1) is 0 Å². The van der Waals surface area contributed by atoms with E-state index in [9.17, 15) is 9.59 Å². The van der Waals surface area contributed by atoms with Crippen LogP contribution in [0.2, 0.25) is 0 Å². The zero-order valence-electron chi connectivity index (χ0n) is 8.77. The lowest BCUT2D eigenvalue weighted by Crippen LogP contribution is -2.41. The number of nitrogens with two attached hydrogens (primary N) is 1. The maximum absolute atomic E-state index is 11.2. The van der Waals surface area contributed by atoms with Gasteiger partial charge in [-0.05, 0) is 6.42 Å². The van der Waals surface area contributed by atoms with Crippen molar-refractivity contribution in [2.75, 3.05) is 6.54 Å². The third-order valence-electron chi connectivity index (χ3n) is 1.94. The van der Waals surface area contributed by atoms with Crippen molar-refractivity contribution in [3.05, 3.63) is 0 Å². The first-order valence-corrected chi connectivity index (χ1v) is 4.93. The van der Waals surface area contributed by atoms with Crippen molar-refractivity contribution in [2.24, 2.45) is 5.73 Å². The lowest BCUT2D eigenvalue weighted by Gasteiger charge is -2.11. The minimum Gasteiger partial charge on any atom is -0.479 e. The highest BCUT2D eigenvalue weighted by molar-refractivity contribution is 5.81. The fourth-order valence-electron chi connectivity index (χ4n) is 1.03. The second kappa shape index (κ2) is 7.19. The van der Waals surface area contributed by atoms with E-state index in [1.807, 2.05) is 6.92 Å². The smallest absolute Gasteiger partial charge is 0.332 e. The molecule has 0 radical (unpaired) electrons. The van der Waals surface area contributed by atoms with Crippen molar-refractivity contribution in [3.63, 3.8) is 0 Å². The zero-order valence-corrected chi connectivity index (χ0v) is 8.77. The van der Waals surface area contributed by atoms with Gasteiger partial charge in [0.05, 0.1) is 6.04 Å². The second-order valence-electron chi connectivity index (χ2n) is 3.33. The summed E-state index contributed by atoms with van der Waals surface area (Å²) in [4.78, 5) is 21.4. The molecule has 5 N–H and O–H groups in total. The van der Waals surface area contributed by atoms with Gasteiger partial charge in [0.2, 0.25) is 5.91 Å². The van der Waals surface area contributed by atoms with Gasteiger partial charge >= 0.3 is 5.97 Å². The minimum atomic E-state index is -1.44. The van der Waals surface area contributed by atoms with E-state index in [-0.39, 0.29) is 18.9 Å². The Morgan fingerprint density at radius 1 is 1.40 bits per heavy atom. The molecule has 0 rings (SSSR count). The van der Waals surface area contributed by atoms with Crippen molar-refractivity contribution in [2.45, 2.75) is 38.3 Å². The van der Waals surface area contributed by atoms with Gasteiger partial charge in [0, 0.05) is 13.0 Å². The van der Waals surface area contributed by atoms with E-state index in [1.165, 1.54) is 0 Å². The maximum atomic E-state index is 11.2. The van der Waals surface area contributed by atoms with Gasteiger partial charge in [0.1, 0.15) is 0 Å². The molecular formula is C9H18N2O4. The molecule has 2 atom stereocenters. The molecule has 0 fully saturated rings. The number of aliphatic hydroxyl groups is 1. The third kappa shape index (κ3) is 6.03. The largest absolute Gasteiger partial charge is 0.479 e. The molecular weight excluding hydrogens is 200 g/mol. The molecule has 1 amide bonds. The standard InChI is InChI=1S/C9H18N2O4/c1-2-3-6(10)8(13)11-5-4-7(12)9(14)15/h6-7,12H,2-5,10H2,1H3,(H,11,13)(H,14,15)/t6-,7-/m0/s1. The number of nitrogens with one attached hydrogen (secondary N) is 1. The molecule has 0 aliphatic heterocycles. The fraction of sp³-hybridized carbons (Fsp3) is 0.778. The van der Waals surface area contributed by atoms with E-state index in [1.54, 1.807) is 0 Å². The van der Waals surface area contributed by atoms with Crippen molar-refractivity contribution in [3.8, 4) is 0 Å². The van der Waals surface area contributed by atoms with Crippen molar-refractivity contribution >= 4 is 11.9 Å². The zero-order chi connectivity index (χ0) is 11.8. The van der Waals surface area contributed by atoms with Crippen molar-refractivity contribution in [1.82, 2.24) is 5.32 Å². The van der Waals surface area contributed by atoms with Gasteiger partial charge in [-0.25, -0.2) is 4.79 Å². The van der Waals surface area contributed by atoms with Gasteiger partial charge in [0.15, 0.2) is 6.10 Å². The Hall–Kier alpha value is -1.14. The van der Waals surface area contributed by atoms with Crippen LogP contribution in [-0.2, 0) is 9.59 Å². The molecule has 0 aliphatic carbocycles. The molecule has 6 heteroatoms. The van der Waals surface area contributed by atoms with Crippen LogP contribution >= 0.6 is 0 Å². The summed E-state index contributed by atoms with van der Waals surface area (Å²) in [5.41, 5.74) is 5.51. The molecule has 6 nitrogen and oxygen atoms in total. The van der Waals surface area contributed by atoms with Crippen LogP contribution in [0.25, 0.3) is 0 Å². The highest BCUT2D eigenvalue weighted by Gasteiger charge is 2.15. The predicted octanol–water partition coefficient (Wildman–Crippen LogP) is -0.934. The van der Waals surface area contributed by atoms with Crippen LogP contribution in [-0.4, -0.2) is 40.8 Å². The number of hydrogen-bond donors (Lipinski definition) is 4. The van der Waals surface area contributed by atoms with E-state index in [4.69, 9.17) is 15.9 Å². The monoisotopic (exact) mass is 218 g/mol. The van der Waals surface area contributed by atoms with E-state index in [0.717, 1.165) is 6.42 Å². The minimum absolute atomic E-state index is 0.0140. The molecule has 0 saturated heterocycles. The molecule has 0 aromatic carbocycles. The average Bonchev–Trinajstić information content (AvgIpc) is 2.17. The summed E-state index contributed by atoms with van der Waals surface area (Å²) < 4.78 is 0. The van der Waals surface area contributed by atoms with Crippen LogP contribution in [0.4, 0.5) is 0 Å². The number of carbonyl (C=O) groups excluding carboxylic acids is 1. The van der Waals surface area contributed by atoms with E-state index >= 15 is 0 Å². The molecule has 0 aliphatic rings. The summed E-state index contributed by atoms with van der Waals surface area (Å²) in [7, 11) is 0. The summed E-state index contributed by atoms with van der Waals surface area (Å²) in [5, 5.41) is 19.7. The van der Waals surface area contributed by atoms with Crippen LogP contribution in [0.15, 0.2) is 0 Å². The number of aliphatic carboxylic acids is 1. The average molecular weight is 218 g/mol. The molecule has 0 spiro atoms. The molecule has 0 aromatic heterocycles. The first-order valence-electron chi connectivity index (χ1n) is 4.93. The normalized spacial score (nSPS) is 14.3. The summed E-state index contributed by atoms with van der Waals surface area (Å²) in [6.07, 6.45) is -0.0488. The fourth-order valence-corrected chi connectivity index (χ4v) is 1.03. The summed E-state index contributed by atoms with van der Waals surface area (Å²) in [6, 6.07) is -0.558. The lowest BCUT2D eigenvalue weighted by atomic mass is 10.1. The second-order valence-corrected chi connectivity index (χ2v) is 3.33. The highest BCUT2D eigenvalue weighted by Crippen LogP contribution is 1.94. The maximum Gasteiger partial charge on any atom is 0.332 e. The topological polar surface area (TPSA) is 113 Å². The van der Waals surface area contributed by atoms with Gasteiger partial charge < -0.3 is 21.3 Å². The van der Waals surface area contributed by atoms with Gasteiger partial charge in [-0.1, -0.05) is 13.3 Å². The van der Waals surface area contributed by atoms with Gasteiger partial charge in [-0.2, -0.15) is 0 Å². The lowest BCUT2D eigenvalue weighted by molar-refractivity contribution is -0.147. The Morgan fingerprint density at radius 3 is 2.47 bits per heavy atom. The Labute approximate surface area is 88.5 Å². The molecule has 0 saturated carbocycles. The first kappa shape index (κ1) is 13.9. The SMILES string of the molecule is CCC[C@H](N)C(=O)NCC[C@H](O)C(=O)O. The molecule has 0 aromatic rings. The first-order chi connectivity index (χ1) is 6.99. The van der Waals surface area contributed by atoms with Crippen LogP contribution < -0.4 is 11.1 Å². The number of aliphatic hydroxyl groups excluding tert-OH is 1. The Balaban J connectivity index is 3.67. The molecule has 0 heterocycles. The van der Waals surface area contributed by atoms with Crippen LogP contribution in [0.1, 0.15) is 26.2 Å². The Morgan fingerprint density at radius 2 is 2.00 bits per heavy atom. The summed E-state index contributed by atoms with van der Waals surface area (Å²) in [6.45, 7) is 2.03. The van der Waals surface area contributed by atoms with Crippen LogP contribution in [0.3, 0.4) is 0 Å².